The van der Waals surface area contributed by atoms with E-state index in [9.17, 15) is 18.4 Å². The Bertz CT molecular complexity index is 1040. The van der Waals surface area contributed by atoms with Gasteiger partial charge in [-0.1, -0.05) is 36.4 Å². The SMILES string of the molecule is CC(C)(C)OC(=O)NC(c1ccccc1)C(C(=O)N1CCc2cccnc21)C(F)(F)C(F)(F)Br. The number of pyridine rings is 1. The van der Waals surface area contributed by atoms with Gasteiger partial charge in [0, 0.05) is 12.7 Å². The van der Waals surface area contributed by atoms with Crippen molar-refractivity contribution in [1.82, 2.24) is 10.3 Å². The van der Waals surface area contributed by atoms with E-state index in [1.807, 2.05) is 0 Å². The second kappa shape index (κ2) is 9.52. The topological polar surface area (TPSA) is 71.5 Å². The molecule has 2 aromatic rings. The van der Waals surface area contributed by atoms with Gasteiger partial charge in [-0.15, -0.1) is 0 Å². The van der Waals surface area contributed by atoms with Crippen LogP contribution in [0.15, 0.2) is 48.7 Å². The first kappa shape index (κ1) is 25.9. The molecule has 184 valence electrons. The zero-order chi connectivity index (χ0) is 25.3. The highest BCUT2D eigenvalue weighted by molar-refractivity contribution is 9.10. The van der Waals surface area contributed by atoms with Gasteiger partial charge in [-0.25, -0.2) is 9.78 Å². The van der Waals surface area contributed by atoms with Crippen LogP contribution in [0.4, 0.5) is 28.2 Å². The lowest BCUT2D eigenvalue weighted by atomic mass is 9.86. The monoisotopic (exact) mass is 545 g/mol. The molecule has 3 rings (SSSR count). The molecule has 0 fully saturated rings. The lowest BCUT2D eigenvalue weighted by molar-refractivity contribution is -0.191. The molecule has 2 amide bonds. The summed E-state index contributed by atoms with van der Waals surface area (Å²) in [5.41, 5.74) is -0.340. The van der Waals surface area contributed by atoms with Gasteiger partial charge < -0.3 is 10.1 Å². The van der Waals surface area contributed by atoms with E-state index in [0.717, 1.165) is 4.90 Å². The van der Waals surface area contributed by atoms with Crippen LogP contribution in [0.25, 0.3) is 0 Å². The van der Waals surface area contributed by atoms with Gasteiger partial charge in [0.2, 0.25) is 5.91 Å². The van der Waals surface area contributed by atoms with Crippen molar-refractivity contribution in [3.8, 4) is 0 Å². The van der Waals surface area contributed by atoms with Crippen molar-refractivity contribution in [3.05, 3.63) is 59.8 Å². The van der Waals surface area contributed by atoms with E-state index in [1.165, 1.54) is 30.5 Å². The Labute approximate surface area is 202 Å². The van der Waals surface area contributed by atoms with Crippen molar-refractivity contribution < 1.29 is 31.9 Å². The number of benzene rings is 1. The molecule has 0 spiro atoms. The van der Waals surface area contributed by atoms with E-state index in [-0.39, 0.29) is 17.9 Å². The Balaban J connectivity index is 2.11. The zero-order valence-electron chi connectivity index (χ0n) is 18.7. The summed E-state index contributed by atoms with van der Waals surface area (Å²) in [5, 5.41) is 2.23. The van der Waals surface area contributed by atoms with Crippen molar-refractivity contribution >= 4 is 33.7 Å². The highest BCUT2D eigenvalue weighted by atomic mass is 79.9. The fraction of sp³-hybridized carbons (Fsp3) is 0.435. The van der Waals surface area contributed by atoms with E-state index in [1.54, 1.807) is 54.9 Å². The molecule has 6 nitrogen and oxygen atoms in total. The van der Waals surface area contributed by atoms with E-state index < -0.39 is 40.3 Å². The summed E-state index contributed by atoms with van der Waals surface area (Å²) in [5.74, 6) is -8.77. The Morgan fingerprint density at radius 3 is 2.32 bits per heavy atom. The van der Waals surface area contributed by atoms with Gasteiger partial charge in [0.15, 0.2) is 0 Å². The lowest BCUT2D eigenvalue weighted by Gasteiger charge is -2.37. The van der Waals surface area contributed by atoms with Crippen molar-refractivity contribution in [2.45, 2.75) is 49.6 Å². The summed E-state index contributed by atoms with van der Waals surface area (Å²) in [6.07, 6.45) is 0.574. The maximum Gasteiger partial charge on any atom is 0.408 e. The number of aromatic nitrogens is 1. The van der Waals surface area contributed by atoms with Crippen molar-refractivity contribution in [2.24, 2.45) is 5.92 Å². The highest BCUT2D eigenvalue weighted by Gasteiger charge is 2.65. The number of hydrogen-bond acceptors (Lipinski definition) is 4. The van der Waals surface area contributed by atoms with Gasteiger partial charge in [-0.05, 0) is 60.3 Å². The molecule has 1 aliphatic rings. The minimum atomic E-state index is -4.91. The van der Waals surface area contributed by atoms with Gasteiger partial charge in [0.25, 0.3) is 0 Å². The molecule has 0 radical (unpaired) electrons. The lowest BCUT2D eigenvalue weighted by Crippen LogP contribution is -2.56. The number of hydrogen-bond donors (Lipinski definition) is 1. The molecule has 1 N–H and O–H groups in total. The summed E-state index contributed by atoms with van der Waals surface area (Å²) in [4.78, 5) is 26.4. The summed E-state index contributed by atoms with van der Waals surface area (Å²) < 4.78 is 64.3. The molecule has 0 aliphatic carbocycles. The quantitative estimate of drug-likeness (QED) is 0.385. The molecule has 1 aromatic carbocycles. The van der Waals surface area contributed by atoms with Crippen LogP contribution in [0.3, 0.4) is 0 Å². The molecule has 2 heterocycles. The molecule has 2 atom stereocenters. The number of alkyl halides is 5. The Morgan fingerprint density at radius 2 is 1.74 bits per heavy atom. The summed E-state index contributed by atoms with van der Waals surface area (Å²) in [6.45, 7) is 4.65. The number of amides is 2. The van der Waals surface area contributed by atoms with Crippen molar-refractivity contribution in [3.63, 3.8) is 0 Å². The Hall–Kier alpha value is -2.69. The first-order valence-electron chi connectivity index (χ1n) is 10.5. The van der Waals surface area contributed by atoms with Gasteiger partial charge in [0.05, 0.1) is 6.04 Å². The molecule has 1 aliphatic heterocycles. The number of fused-ring (bicyclic) bond motifs is 1. The number of nitrogens with zero attached hydrogens (tertiary/aromatic N) is 2. The second-order valence-corrected chi connectivity index (χ2v) is 9.85. The van der Waals surface area contributed by atoms with Gasteiger partial charge in [0.1, 0.15) is 17.3 Å². The maximum absolute atomic E-state index is 15.3. The fourth-order valence-electron chi connectivity index (χ4n) is 3.73. The van der Waals surface area contributed by atoms with E-state index in [0.29, 0.717) is 12.0 Å². The first-order chi connectivity index (χ1) is 15.7. The zero-order valence-corrected chi connectivity index (χ0v) is 20.3. The third-order valence-corrected chi connectivity index (χ3v) is 5.72. The second-order valence-electron chi connectivity index (χ2n) is 8.86. The van der Waals surface area contributed by atoms with Gasteiger partial charge in [-0.2, -0.15) is 17.6 Å². The van der Waals surface area contributed by atoms with Crippen LogP contribution in [0.2, 0.25) is 0 Å². The molecule has 0 saturated carbocycles. The number of rotatable bonds is 6. The Kier molecular flexibility index (Phi) is 7.26. The molecule has 34 heavy (non-hydrogen) atoms. The number of ether oxygens (including phenoxy) is 1. The van der Waals surface area contributed by atoms with Crippen LogP contribution in [0, 0.1) is 5.92 Å². The molecule has 2 unspecified atom stereocenters. The van der Waals surface area contributed by atoms with Crippen LogP contribution in [0.1, 0.15) is 37.9 Å². The number of nitrogens with one attached hydrogen (secondary N) is 1. The normalized spacial score (nSPS) is 15.9. The predicted molar refractivity (Wildman–Crippen MR) is 121 cm³/mol. The first-order valence-corrected chi connectivity index (χ1v) is 11.3. The minimum absolute atomic E-state index is 0.0143. The molecule has 0 bridgehead atoms. The summed E-state index contributed by atoms with van der Waals surface area (Å²) >= 11 is 1.75. The Morgan fingerprint density at radius 1 is 1.09 bits per heavy atom. The third-order valence-electron chi connectivity index (χ3n) is 5.19. The molecular formula is C23H24BrF4N3O3. The average Bonchev–Trinajstić information content (AvgIpc) is 3.15. The van der Waals surface area contributed by atoms with Gasteiger partial charge in [-0.3, -0.25) is 9.69 Å². The van der Waals surface area contributed by atoms with Gasteiger partial charge >= 0.3 is 16.8 Å². The number of carbonyl (C=O) groups is 2. The largest absolute Gasteiger partial charge is 0.444 e. The number of alkyl carbamates (subject to hydrolysis) is 1. The molecule has 11 heteroatoms. The smallest absolute Gasteiger partial charge is 0.408 e. The maximum atomic E-state index is 15.3. The summed E-state index contributed by atoms with van der Waals surface area (Å²) in [7, 11) is 0. The highest BCUT2D eigenvalue weighted by Crippen LogP contribution is 2.49. The van der Waals surface area contributed by atoms with E-state index in [2.05, 4.69) is 10.3 Å². The van der Waals surface area contributed by atoms with Crippen LogP contribution < -0.4 is 10.2 Å². The summed E-state index contributed by atoms with van der Waals surface area (Å²) in [6, 6.07) is 8.74. The number of anilines is 1. The minimum Gasteiger partial charge on any atom is -0.444 e. The molecular weight excluding hydrogens is 522 g/mol. The van der Waals surface area contributed by atoms with Crippen LogP contribution in [0.5, 0.6) is 0 Å². The predicted octanol–water partition coefficient (Wildman–Crippen LogP) is 5.48. The molecule has 1 aromatic heterocycles. The molecule has 0 saturated heterocycles. The van der Waals surface area contributed by atoms with Crippen LogP contribution in [-0.2, 0) is 16.0 Å². The standard InChI is InChI=1S/C23H24BrF4N3O3/c1-21(2,3)34-20(33)30-17(14-8-5-4-6-9-14)16(22(25,26)23(24,27)28)19(32)31-13-11-15-10-7-12-29-18(15)31/h4-10,12,16-17H,11,13H2,1-3H3,(H,30,33). The van der Waals surface area contributed by atoms with Crippen LogP contribution in [-0.4, -0.2) is 39.9 Å². The van der Waals surface area contributed by atoms with Crippen molar-refractivity contribution in [2.75, 3.05) is 11.4 Å². The van der Waals surface area contributed by atoms with E-state index in [4.69, 9.17) is 4.74 Å². The number of carbonyl (C=O) groups excluding carboxylic acids is 2. The van der Waals surface area contributed by atoms with Crippen molar-refractivity contribution in [1.29, 1.82) is 0 Å². The van der Waals surface area contributed by atoms with E-state index >= 15 is 8.78 Å². The number of halogens is 5. The van der Waals surface area contributed by atoms with Crippen LogP contribution >= 0.6 is 15.9 Å². The third kappa shape index (κ3) is 5.51. The fourth-order valence-corrected chi connectivity index (χ4v) is 3.97. The average molecular weight is 546 g/mol.